The van der Waals surface area contributed by atoms with Crippen LogP contribution in [0, 0.1) is 5.92 Å². The number of halogens is 3. The number of ether oxygens (including phenoxy) is 1. The predicted molar refractivity (Wildman–Crippen MR) is 48.5 cm³/mol. The van der Waals surface area contributed by atoms with Gasteiger partial charge in [0.05, 0.1) is 5.92 Å². The van der Waals surface area contributed by atoms with Gasteiger partial charge in [0.25, 0.3) is 11.9 Å². The molecule has 90 valence electrons. The van der Waals surface area contributed by atoms with Gasteiger partial charge >= 0.3 is 6.18 Å². The summed E-state index contributed by atoms with van der Waals surface area (Å²) >= 11 is 0. The molecule has 1 spiro atoms. The molecule has 0 unspecified atom stereocenters. The summed E-state index contributed by atoms with van der Waals surface area (Å²) in [4.78, 5) is 14.8. The molecular weight excluding hydrogens is 225 g/mol. The fourth-order valence-corrected chi connectivity index (χ4v) is 2.20. The van der Waals surface area contributed by atoms with Crippen LogP contribution >= 0.6 is 0 Å². The van der Waals surface area contributed by atoms with Crippen LogP contribution in [-0.4, -0.2) is 23.7 Å². The predicted octanol–water partition coefficient (Wildman–Crippen LogP) is 1.35. The van der Waals surface area contributed by atoms with E-state index in [-0.39, 0.29) is 31.7 Å². The summed E-state index contributed by atoms with van der Waals surface area (Å²) in [7, 11) is 0. The lowest BCUT2D eigenvalue weighted by atomic mass is 9.78. The maximum atomic E-state index is 12.4. The molecule has 2 rings (SSSR count). The molecule has 1 aliphatic heterocycles. The molecule has 1 saturated carbocycles. The van der Waals surface area contributed by atoms with E-state index in [0.29, 0.717) is 0 Å². The number of rotatable bonds is 0. The topological polar surface area (TPSA) is 64.7 Å². The van der Waals surface area contributed by atoms with Gasteiger partial charge in [0.2, 0.25) is 0 Å². The van der Waals surface area contributed by atoms with Crippen molar-refractivity contribution in [1.29, 1.82) is 0 Å². The van der Waals surface area contributed by atoms with Crippen LogP contribution in [0.1, 0.15) is 25.7 Å². The van der Waals surface area contributed by atoms with E-state index in [4.69, 9.17) is 10.5 Å². The van der Waals surface area contributed by atoms with Crippen molar-refractivity contribution in [3.63, 3.8) is 0 Å². The molecule has 1 heterocycles. The molecule has 0 radical (unpaired) electrons. The molecule has 7 heteroatoms. The normalized spacial score (nSPS) is 35.1. The van der Waals surface area contributed by atoms with Crippen LogP contribution in [0.4, 0.5) is 13.2 Å². The van der Waals surface area contributed by atoms with Gasteiger partial charge < -0.3 is 10.5 Å². The second-order valence-electron chi connectivity index (χ2n) is 4.17. The van der Waals surface area contributed by atoms with E-state index in [1.165, 1.54) is 0 Å². The van der Waals surface area contributed by atoms with E-state index < -0.39 is 23.6 Å². The number of hydrogen-bond acceptors (Lipinski definition) is 3. The molecule has 1 aliphatic carbocycles. The minimum absolute atomic E-state index is 0.0280. The number of amides is 1. The van der Waals surface area contributed by atoms with Gasteiger partial charge in [0.15, 0.2) is 5.60 Å². The van der Waals surface area contributed by atoms with Crippen LogP contribution in [0.3, 0.4) is 0 Å². The average Bonchev–Trinajstić information content (AvgIpc) is 2.41. The standard InChI is InChI=1S/C9H11F3N2O2/c10-9(11,12)5-1-3-8(4-2-5)6(15)14-7(13)16-8/h5H,1-4H2,(H2,13,14,15). The van der Waals surface area contributed by atoms with Gasteiger partial charge in [0, 0.05) is 0 Å². The molecule has 2 N–H and O–H groups in total. The van der Waals surface area contributed by atoms with E-state index in [2.05, 4.69) is 4.99 Å². The van der Waals surface area contributed by atoms with Crippen LogP contribution in [0.15, 0.2) is 4.99 Å². The van der Waals surface area contributed by atoms with Gasteiger partial charge in [0.1, 0.15) is 0 Å². The molecule has 0 aromatic heterocycles. The smallest absolute Gasteiger partial charge is 0.391 e. The minimum Gasteiger partial charge on any atom is -0.448 e. The minimum atomic E-state index is -4.20. The third kappa shape index (κ3) is 1.74. The fourth-order valence-electron chi connectivity index (χ4n) is 2.20. The first kappa shape index (κ1) is 11.2. The monoisotopic (exact) mass is 236 g/mol. The van der Waals surface area contributed by atoms with E-state index >= 15 is 0 Å². The molecule has 0 saturated heterocycles. The van der Waals surface area contributed by atoms with Crippen LogP contribution < -0.4 is 5.73 Å². The lowest BCUT2D eigenvalue weighted by Crippen LogP contribution is -2.44. The van der Waals surface area contributed by atoms with Gasteiger partial charge in [-0.3, -0.25) is 4.79 Å². The summed E-state index contributed by atoms with van der Waals surface area (Å²) in [5, 5.41) is 0. The summed E-state index contributed by atoms with van der Waals surface area (Å²) in [5.74, 6) is -1.90. The van der Waals surface area contributed by atoms with Gasteiger partial charge in [-0.25, -0.2) is 0 Å². The van der Waals surface area contributed by atoms with Crippen molar-refractivity contribution in [2.45, 2.75) is 37.5 Å². The molecule has 16 heavy (non-hydrogen) atoms. The van der Waals surface area contributed by atoms with E-state index in [1.54, 1.807) is 0 Å². The van der Waals surface area contributed by atoms with Gasteiger partial charge in [-0.1, -0.05) is 0 Å². The highest BCUT2D eigenvalue weighted by molar-refractivity contribution is 6.00. The molecule has 0 aromatic rings. The molecule has 0 bridgehead atoms. The largest absolute Gasteiger partial charge is 0.448 e. The first-order chi connectivity index (χ1) is 7.33. The number of carbonyl (C=O) groups is 1. The van der Waals surface area contributed by atoms with Crippen LogP contribution in [0.2, 0.25) is 0 Å². The van der Waals surface area contributed by atoms with Crippen LogP contribution in [-0.2, 0) is 9.53 Å². The number of nitrogens with two attached hydrogens (primary N) is 1. The Morgan fingerprint density at radius 1 is 1.38 bits per heavy atom. The van der Waals surface area contributed by atoms with Crippen molar-refractivity contribution in [2.75, 3.05) is 0 Å². The van der Waals surface area contributed by atoms with Crippen molar-refractivity contribution in [1.82, 2.24) is 0 Å². The zero-order valence-corrected chi connectivity index (χ0v) is 8.38. The highest BCUT2D eigenvalue weighted by atomic mass is 19.4. The van der Waals surface area contributed by atoms with Crippen molar-refractivity contribution in [3.8, 4) is 0 Å². The molecule has 1 amide bonds. The third-order valence-electron chi connectivity index (χ3n) is 3.16. The fraction of sp³-hybridized carbons (Fsp3) is 0.778. The zero-order valence-electron chi connectivity index (χ0n) is 8.38. The molecule has 0 atom stereocenters. The van der Waals surface area contributed by atoms with E-state index in [9.17, 15) is 18.0 Å². The SMILES string of the molecule is NC1=NC(=O)C2(CCC(C(F)(F)F)CC2)O1. The van der Waals surface area contributed by atoms with Crippen molar-refractivity contribution >= 4 is 11.9 Å². The second-order valence-corrected chi connectivity index (χ2v) is 4.17. The summed E-state index contributed by atoms with van der Waals surface area (Å²) in [6.45, 7) is 0. The van der Waals surface area contributed by atoms with Gasteiger partial charge in [-0.2, -0.15) is 18.2 Å². The number of amidine groups is 1. The Labute approximate surface area is 89.7 Å². The maximum absolute atomic E-state index is 12.4. The summed E-state index contributed by atoms with van der Waals surface area (Å²) in [6.07, 6.45) is -4.37. The summed E-state index contributed by atoms with van der Waals surface area (Å²) < 4.78 is 42.3. The Kier molecular flexibility index (Phi) is 2.36. The van der Waals surface area contributed by atoms with Crippen LogP contribution in [0.5, 0.6) is 0 Å². The number of hydrogen-bond donors (Lipinski definition) is 1. The lowest BCUT2D eigenvalue weighted by Gasteiger charge is -2.34. The quantitative estimate of drug-likeness (QED) is 0.690. The van der Waals surface area contributed by atoms with Gasteiger partial charge in [-0.05, 0) is 25.7 Å². The third-order valence-corrected chi connectivity index (χ3v) is 3.16. The highest BCUT2D eigenvalue weighted by Gasteiger charge is 2.52. The average molecular weight is 236 g/mol. The van der Waals surface area contributed by atoms with Crippen LogP contribution in [0.25, 0.3) is 0 Å². The Bertz CT molecular complexity index is 343. The Morgan fingerprint density at radius 3 is 2.31 bits per heavy atom. The number of nitrogens with zero attached hydrogens (tertiary/aromatic N) is 1. The van der Waals surface area contributed by atoms with Crippen molar-refractivity contribution < 1.29 is 22.7 Å². The summed E-state index contributed by atoms with van der Waals surface area (Å²) in [5.41, 5.74) is 4.02. The highest BCUT2D eigenvalue weighted by Crippen LogP contribution is 2.44. The first-order valence-corrected chi connectivity index (χ1v) is 4.98. The van der Waals surface area contributed by atoms with Gasteiger partial charge in [-0.15, -0.1) is 0 Å². The van der Waals surface area contributed by atoms with E-state index in [0.717, 1.165) is 0 Å². The number of carbonyl (C=O) groups excluding carboxylic acids is 1. The second kappa shape index (κ2) is 3.36. The molecule has 2 aliphatic rings. The van der Waals surface area contributed by atoms with Crippen molar-refractivity contribution in [2.24, 2.45) is 16.6 Å². The Morgan fingerprint density at radius 2 is 1.94 bits per heavy atom. The molecular formula is C9H11F3N2O2. The zero-order chi connectivity index (χ0) is 12.0. The molecule has 4 nitrogen and oxygen atoms in total. The Balaban J connectivity index is 2.04. The summed E-state index contributed by atoms with van der Waals surface area (Å²) in [6, 6.07) is -0.240. The first-order valence-electron chi connectivity index (χ1n) is 4.98. The Hall–Kier alpha value is -1.27. The number of aliphatic imine (C=N–C) groups is 1. The molecule has 0 aromatic carbocycles. The van der Waals surface area contributed by atoms with Crippen molar-refractivity contribution in [3.05, 3.63) is 0 Å². The van der Waals surface area contributed by atoms with E-state index in [1.807, 2.05) is 0 Å². The lowest BCUT2D eigenvalue weighted by molar-refractivity contribution is -0.191. The molecule has 1 fully saturated rings. The number of alkyl halides is 3. The maximum Gasteiger partial charge on any atom is 0.391 e.